The third-order valence-corrected chi connectivity index (χ3v) is 7.06. The molecular formula is C15H13F13N2O3S3. The number of ether oxygens (including phenoxy) is 1. The average molecular weight is 612 g/mol. The van der Waals surface area contributed by atoms with Crippen LogP contribution >= 0.6 is 34.9 Å². The van der Waals surface area contributed by atoms with Crippen molar-refractivity contribution in [1.29, 1.82) is 0 Å². The van der Waals surface area contributed by atoms with Crippen LogP contribution in [0.15, 0.2) is 8.68 Å². The highest BCUT2D eigenvalue weighted by Crippen LogP contribution is 2.60. The minimum Gasteiger partial charge on any atom is -0.463 e. The lowest BCUT2D eigenvalue weighted by Crippen LogP contribution is -2.70. The number of hydrogen-bond donors (Lipinski definition) is 1. The maximum Gasteiger partial charge on any atom is 0.460 e. The van der Waals surface area contributed by atoms with Gasteiger partial charge in [0.05, 0.1) is 12.5 Å². The van der Waals surface area contributed by atoms with Crippen LogP contribution in [0, 0.1) is 0 Å². The Balaban J connectivity index is 2.78. The van der Waals surface area contributed by atoms with Gasteiger partial charge < -0.3 is 9.84 Å². The zero-order valence-electron chi connectivity index (χ0n) is 17.2. The topological polar surface area (TPSA) is 72.3 Å². The summed E-state index contributed by atoms with van der Waals surface area (Å²) in [5.41, 5.74) is 0. The molecule has 1 N–H and O–H groups in total. The van der Waals surface area contributed by atoms with Crippen LogP contribution in [0.3, 0.4) is 0 Å². The van der Waals surface area contributed by atoms with E-state index < -0.39 is 67.3 Å². The number of nitrogens with zero attached hydrogens (tertiary/aromatic N) is 2. The van der Waals surface area contributed by atoms with Gasteiger partial charge in [0.25, 0.3) is 0 Å². The highest BCUT2D eigenvalue weighted by Gasteiger charge is 2.90. The van der Waals surface area contributed by atoms with E-state index >= 15 is 0 Å². The summed E-state index contributed by atoms with van der Waals surface area (Å²) < 4.78 is 175. The van der Waals surface area contributed by atoms with E-state index in [0.717, 1.165) is 23.1 Å². The van der Waals surface area contributed by atoms with Gasteiger partial charge in [0.15, 0.2) is 8.68 Å². The van der Waals surface area contributed by atoms with Crippen LogP contribution in [-0.4, -0.2) is 81.8 Å². The summed E-state index contributed by atoms with van der Waals surface area (Å²) in [6.45, 7) is -1.55. The molecule has 0 fully saturated rings. The van der Waals surface area contributed by atoms with Crippen LogP contribution < -0.4 is 0 Å². The van der Waals surface area contributed by atoms with Gasteiger partial charge in [0.1, 0.15) is 6.61 Å². The molecular weight excluding hydrogens is 599 g/mol. The fourth-order valence-electron chi connectivity index (χ4n) is 2.11. The Morgan fingerprint density at radius 3 is 1.86 bits per heavy atom. The van der Waals surface area contributed by atoms with E-state index in [1.807, 2.05) is 0 Å². The van der Waals surface area contributed by atoms with Crippen molar-refractivity contribution in [2.45, 2.75) is 63.4 Å². The second kappa shape index (κ2) is 11.3. The van der Waals surface area contributed by atoms with Crippen molar-refractivity contribution in [3.8, 4) is 0 Å². The summed E-state index contributed by atoms with van der Waals surface area (Å²) in [5.74, 6) is -39.0. The fourth-order valence-corrected chi connectivity index (χ4v) is 4.53. The second-order valence-corrected chi connectivity index (χ2v) is 10.1. The number of esters is 1. The number of carbonyl (C=O) groups excluding carboxylic acids is 1. The lowest BCUT2D eigenvalue weighted by molar-refractivity contribution is -0.440. The van der Waals surface area contributed by atoms with Crippen LogP contribution in [0.2, 0.25) is 0 Å². The van der Waals surface area contributed by atoms with Gasteiger partial charge in [-0.05, 0) is 6.26 Å². The zero-order valence-corrected chi connectivity index (χ0v) is 19.7. The van der Waals surface area contributed by atoms with Crippen LogP contribution in [0.1, 0.15) is 12.8 Å². The first-order chi connectivity index (χ1) is 16.0. The molecule has 1 rings (SSSR count). The van der Waals surface area contributed by atoms with Crippen LogP contribution in [0.5, 0.6) is 0 Å². The molecule has 21 heteroatoms. The van der Waals surface area contributed by atoms with E-state index in [0.29, 0.717) is 8.68 Å². The van der Waals surface area contributed by atoms with E-state index in [1.165, 1.54) is 11.8 Å². The molecule has 0 radical (unpaired) electrons. The van der Waals surface area contributed by atoms with Crippen LogP contribution in [0.4, 0.5) is 57.1 Å². The highest BCUT2D eigenvalue weighted by molar-refractivity contribution is 8.02. The molecule has 0 saturated heterocycles. The molecule has 36 heavy (non-hydrogen) atoms. The minimum atomic E-state index is -8.02. The first-order valence-corrected chi connectivity index (χ1v) is 11.9. The Morgan fingerprint density at radius 1 is 0.889 bits per heavy atom. The van der Waals surface area contributed by atoms with Gasteiger partial charge in [-0.2, -0.15) is 57.1 Å². The maximum absolute atomic E-state index is 13.7. The Hall–Kier alpha value is -1.22. The van der Waals surface area contributed by atoms with E-state index in [2.05, 4.69) is 14.9 Å². The van der Waals surface area contributed by atoms with Gasteiger partial charge in [-0.3, -0.25) is 4.79 Å². The Labute approximate surface area is 205 Å². The minimum absolute atomic E-state index is 0.0269. The molecule has 1 heterocycles. The third-order valence-electron chi connectivity index (χ3n) is 4.02. The lowest BCUT2D eigenvalue weighted by Gasteiger charge is -2.40. The maximum atomic E-state index is 13.7. The highest BCUT2D eigenvalue weighted by atomic mass is 32.2. The predicted octanol–water partition coefficient (Wildman–Crippen LogP) is 5.78. The SMILES string of the molecule is CSc1nnc(SCCC(=O)OCC(O)CC(F)(F)C(F)(F)C(F)(F)C(F)(F)C(F)(F)C(F)(F)F)s1. The zero-order chi connectivity index (χ0) is 28.4. The first-order valence-electron chi connectivity index (χ1n) is 8.85. The molecule has 0 bridgehead atoms. The van der Waals surface area contributed by atoms with Gasteiger partial charge in [0.2, 0.25) is 0 Å². The lowest BCUT2D eigenvalue weighted by atomic mass is 9.91. The molecule has 0 aliphatic rings. The van der Waals surface area contributed by atoms with Gasteiger partial charge in [-0.15, -0.1) is 10.2 Å². The summed E-state index contributed by atoms with van der Waals surface area (Å²) >= 11 is 3.42. The number of alkyl halides is 13. The number of aromatic nitrogens is 2. The van der Waals surface area contributed by atoms with E-state index in [4.69, 9.17) is 0 Å². The molecule has 5 nitrogen and oxygen atoms in total. The monoisotopic (exact) mass is 612 g/mol. The molecule has 0 aliphatic carbocycles. The molecule has 0 aliphatic heterocycles. The molecule has 1 aromatic rings. The molecule has 210 valence electrons. The summed E-state index contributed by atoms with van der Waals surface area (Å²) in [6.07, 6.45) is -12.1. The predicted molar refractivity (Wildman–Crippen MR) is 99.4 cm³/mol. The van der Waals surface area contributed by atoms with Crippen molar-refractivity contribution in [3.63, 3.8) is 0 Å². The molecule has 1 aromatic heterocycles. The largest absolute Gasteiger partial charge is 0.463 e. The van der Waals surface area contributed by atoms with Crippen LogP contribution in [0.25, 0.3) is 0 Å². The molecule has 1 atom stereocenters. The average Bonchev–Trinajstić information content (AvgIpc) is 3.18. The summed E-state index contributed by atoms with van der Waals surface area (Å²) in [5, 5.41) is 16.8. The van der Waals surface area contributed by atoms with Crippen molar-refractivity contribution in [2.24, 2.45) is 0 Å². The van der Waals surface area contributed by atoms with E-state index in [9.17, 15) is 67.0 Å². The smallest absolute Gasteiger partial charge is 0.460 e. The quantitative estimate of drug-likeness (QED) is 0.172. The van der Waals surface area contributed by atoms with Crippen molar-refractivity contribution in [2.75, 3.05) is 18.6 Å². The van der Waals surface area contributed by atoms with Crippen molar-refractivity contribution >= 4 is 40.8 Å². The third kappa shape index (κ3) is 6.61. The Bertz CT molecular complexity index is 896. The summed E-state index contributed by atoms with van der Waals surface area (Å²) in [7, 11) is 0. The van der Waals surface area contributed by atoms with Gasteiger partial charge in [0, 0.05) is 12.2 Å². The Kier molecular flexibility index (Phi) is 10.3. The van der Waals surface area contributed by atoms with Crippen molar-refractivity contribution in [1.82, 2.24) is 10.2 Å². The molecule has 1 unspecified atom stereocenters. The number of hydrogen-bond acceptors (Lipinski definition) is 8. The summed E-state index contributed by atoms with van der Waals surface area (Å²) in [4.78, 5) is 11.5. The normalized spacial score (nSPS) is 15.2. The summed E-state index contributed by atoms with van der Waals surface area (Å²) in [6, 6.07) is 0. The number of carbonyl (C=O) groups is 1. The number of halogens is 13. The van der Waals surface area contributed by atoms with Crippen molar-refractivity contribution in [3.05, 3.63) is 0 Å². The molecule has 0 amide bonds. The number of aliphatic hydroxyl groups excluding tert-OH is 1. The first kappa shape index (κ1) is 32.8. The van der Waals surface area contributed by atoms with E-state index in [1.54, 1.807) is 6.26 Å². The van der Waals surface area contributed by atoms with Crippen LogP contribution in [-0.2, 0) is 9.53 Å². The molecule has 0 spiro atoms. The standard InChI is InChI=1S/C15H13F13N2O3S3/c1-34-8-29-30-9(36-8)35-3-2-7(32)33-5-6(31)4-10(16,17)11(18,19)12(20,21)13(22,23)14(24,25)15(26,27)28/h6,31H,2-5H2,1H3. The molecule has 0 aromatic carbocycles. The van der Waals surface area contributed by atoms with Gasteiger partial charge in [-0.1, -0.05) is 34.9 Å². The van der Waals surface area contributed by atoms with Gasteiger partial charge in [-0.25, -0.2) is 0 Å². The number of thioether (sulfide) groups is 2. The van der Waals surface area contributed by atoms with Gasteiger partial charge >= 0.3 is 41.8 Å². The van der Waals surface area contributed by atoms with Crippen molar-refractivity contribution < 1.29 is 71.7 Å². The number of rotatable bonds is 13. The molecule has 0 saturated carbocycles. The Morgan fingerprint density at radius 2 is 1.39 bits per heavy atom. The second-order valence-electron chi connectivity index (χ2n) is 6.68. The van der Waals surface area contributed by atoms with E-state index in [-0.39, 0.29) is 5.75 Å². The fraction of sp³-hybridized carbons (Fsp3) is 0.800. The number of aliphatic hydroxyl groups is 1.